The highest BCUT2D eigenvalue weighted by Gasteiger charge is 2.18. The number of sulfonamides is 1. The van der Waals surface area contributed by atoms with Crippen molar-refractivity contribution in [1.29, 1.82) is 0 Å². The zero-order chi connectivity index (χ0) is 14.2. The van der Waals surface area contributed by atoms with Gasteiger partial charge in [-0.25, -0.2) is 13.4 Å². The molecule has 6 nitrogen and oxygen atoms in total. The Balaban J connectivity index is 2.40. The smallest absolute Gasteiger partial charge is 0.263 e. The minimum absolute atomic E-state index is 0.126. The van der Waals surface area contributed by atoms with Gasteiger partial charge in [0, 0.05) is 17.2 Å². The van der Waals surface area contributed by atoms with Gasteiger partial charge in [-0.1, -0.05) is 0 Å². The fourth-order valence-electron chi connectivity index (χ4n) is 1.52. The van der Waals surface area contributed by atoms with Crippen LogP contribution in [0.3, 0.4) is 0 Å². The number of rotatable bonds is 3. The molecule has 0 atom stereocenters. The van der Waals surface area contributed by atoms with Crippen LogP contribution in [0, 0.1) is 20.8 Å². The zero-order valence-corrected chi connectivity index (χ0v) is 12.4. The van der Waals surface area contributed by atoms with Crippen molar-refractivity contribution in [1.82, 2.24) is 9.36 Å². The molecule has 2 aromatic rings. The normalized spacial score (nSPS) is 11.5. The number of aromatic nitrogens is 2. The van der Waals surface area contributed by atoms with Crippen molar-refractivity contribution in [2.24, 2.45) is 0 Å². The molecule has 1 heterocycles. The number of benzene rings is 1. The van der Waals surface area contributed by atoms with Gasteiger partial charge in [-0.05, 0) is 44.0 Å². The van der Waals surface area contributed by atoms with Crippen molar-refractivity contribution in [2.45, 2.75) is 25.7 Å². The van der Waals surface area contributed by atoms with E-state index in [0.717, 1.165) is 22.7 Å². The molecular weight excluding hydrogens is 284 g/mol. The quantitative estimate of drug-likeness (QED) is 0.843. The van der Waals surface area contributed by atoms with Crippen LogP contribution in [0.25, 0.3) is 0 Å². The molecule has 0 saturated heterocycles. The molecular formula is C11H14N4O2S2. The molecule has 0 amide bonds. The lowest BCUT2D eigenvalue weighted by Gasteiger charge is -2.09. The highest BCUT2D eigenvalue weighted by molar-refractivity contribution is 7.93. The topological polar surface area (TPSA) is 98.0 Å². The lowest BCUT2D eigenvalue weighted by atomic mass is 10.1. The van der Waals surface area contributed by atoms with E-state index in [0.29, 0.717) is 11.5 Å². The van der Waals surface area contributed by atoms with E-state index >= 15 is 0 Å². The number of anilines is 2. The zero-order valence-electron chi connectivity index (χ0n) is 10.8. The molecule has 2 rings (SSSR count). The van der Waals surface area contributed by atoms with Crippen molar-refractivity contribution in [3.05, 3.63) is 29.1 Å². The first-order valence-corrected chi connectivity index (χ1v) is 7.75. The Hall–Kier alpha value is -1.67. The maximum Gasteiger partial charge on any atom is 0.263 e. The maximum atomic E-state index is 12.2. The second-order valence-corrected chi connectivity index (χ2v) is 6.64. The SMILES string of the molecule is Cc1nsc(NS(=O)(=O)c2cc(C)c(C)c(N)c2)n1. The van der Waals surface area contributed by atoms with Crippen molar-refractivity contribution < 1.29 is 8.42 Å². The number of aryl methyl sites for hydroxylation is 2. The second kappa shape index (κ2) is 4.78. The lowest BCUT2D eigenvalue weighted by Crippen LogP contribution is -2.13. The van der Waals surface area contributed by atoms with E-state index in [1.165, 1.54) is 6.07 Å². The number of nitrogens with one attached hydrogen (secondary N) is 1. The van der Waals surface area contributed by atoms with Crippen LogP contribution in [0.1, 0.15) is 17.0 Å². The first-order chi connectivity index (χ1) is 8.79. The third-order valence-electron chi connectivity index (χ3n) is 2.74. The molecule has 0 spiro atoms. The summed E-state index contributed by atoms with van der Waals surface area (Å²) < 4.78 is 30.7. The summed E-state index contributed by atoms with van der Waals surface area (Å²) in [6.45, 7) is 5.37. The van der Waals surface area contributed by atoms with E-state index in [9.17, 15) is 8.42 Å². The molecule has 0 aliphatic heterocycles. The van der Waals surface area contributed by atoms with Gasteiger partial charge in [0.05, 0.1) is 4.90 Å². The average molecular weight is 298 g/mol. The summed E-state index contributed by atoms with van der Waals surface area (Å²) in [4.78, 5) is 4.10. The fourth-order valence-corrected chi connectivity index (χ4v) is 3.44. The van der Waals surface area contributed by atoms with Crippen LogP contribution in [0.4, 0.5) is 10.8 Å². The van der Waals surface area contributed by atoms with Gasteiger partial charge in [0.2, 0.25) is 5.13 Å². The predicted molar refractivity (Wildman–Crippen MR) is 75.8 cm³/mol. The number of hydrogen-bond acceptors (Lipinski definition) is 6. The van der Waals surface area contributed by atoms with Crippen LogP contribution in [0.15, 0.2) is 17.0 Å². The van der Waals surface area contributed by atoms with Crippen molar-refractivity contribution in [2.75, 3.05) is 10.5 Å². The van der Waals surface area contributed by atoms with E-state index in [1.807, 2.05) is 13.8 Å². The first kappa shape index (κ1) is 13.8. The molecule has 1 aromatic carbocycles. The minimum Gasteiger partial charge on any atom is -0.398 e. The second-order valence-electron chi connectivity index (χ2n) is 4.21. The molecule has 0 bridgehead atoms. The largest absolute Gasteiger partial charge is 0.398 e. The number of nitrogen functional groups attached to an aromatic ring is 1. The molecule has 0 radical (unpaired) electrons. The monoisotopic (exact) mass is 298 g/mol. The van der Waals surface area contributed by atoms with Gasteiger partial charge < -0.3 is 5.73 Å². The van der Waals surface area contributed by atoms with Crippen LogP contribution in [-0.2, 0) is 10.0 Å². The van der Waals surface area contributed by atoms with Crippen LogP contribution in [-0.4, -0.2) is 17.8 Å². The van der Waals surface area contributed by atoms with Gasteiger partial charge in [-0.3, -0.25) is 4.72 Å². The average Bonchev–Trinajstić information content (AvgIpc) is 2.70. The molecule has 19 heavy (non-hydrogen) atoms. The Morgan fingerprint density at radius 3 is 2.47 bits per heavy atom. The van der Waals surface area contributed by atoms with E-state index in [1.54, 1.807) is 13.0 Å². The van der Waals surface area contributed by atoms with Crippen molar-refractivity contribution in [3.63, 3.8) is 0 Å². The Bertz CT molecular complexity index is 699. The third kappa shape index (κ3) is 2.85. The van der Waals surface area contributed by atoms with E-state index in [-0.39, 0.29) is 10.0 Å². The predicted octanol–water partition coefficient (Wildman–Crippen LogP) is 1.85. The van der Waals surface area contributed by atoms with Crippen LogP contribution in [0.2, 0.25) is 0 Å². The Morgan fingerprint density at radius 2 is 1.95 bits per heavy atom. The number of hydrogen-bond donors (Lipinski definition) is 2. The van der Waals surface area contributed by atoms with Gasteiger partial charge in [0.25, 0.3) is 10.0 Å². The molecule has 8 heteroatoms. The third-order valence-corrected chi connectivity index (χ3v) is 4.91. The van der Waals surface area contributed by atoms with E-state index < -0.39 is 10.0 Å². The highest BCUT2D eigenvalue weighted by atomic mass is 32.2. The van der Waals surface area contributed by atoms with Gasteiger partial charge in [-0.15, -0.1) is 0 Å². The van der Waals surface area contributed by atoms with Gasteiger partial charge in [0.1, 0.15) is 5.82 Å². The van der Waals surface area contributed by atoms with E-state index in [2.05, 4.69) is 14.1 Å². The summed E-state index contributed by atoms with van der Waals surface area (Å²) >= 11 is 1.000. The van der Waals surface area contributed by atoms with Crippen molar-refractivity contribution >= 4 is 32.4 Å². The first-order valence-electron chi connectivity index (χ1n) is 5.49. The van der Waals surface area contributed by atoms with Crippen LogP contribution < -0.4 is 10.5 Å². The molecule has 1 aromatic heterocycles. The Labute approximate surface area is 115 Å². The molecule has 0 aliphatic rings. The lowest BCUT2D eigenvalue weighted by molar-refractivity contribution is 0.601. The van der Waals surface area contributed by atoms with Crippen LogP contribution >= 0.6 is 11.5 Å². The number of nitrogens with zero attached hydrogens (tertiary/aromatic N) is 2. The van der Waals surface area contributed by atoms with E-state index in [4.69, 9.17) is 5.73 Å². The summed E-state index contributed by atoms with van der Waals surface area (Å²) in [5, 5.41) is 0.245. The summed E-state index contributed by atoms with van der Waals surface area (Å²) in [6.07, 6.45) is 0. The van der Waals surface area contributed by atoms with Gasteiger partial charge in [0.15, 0.2) is 0 Å². The maximum absolute atomic E-state index is 12.2. The molecule has 0 saturated carbocycles. The van der Waals surface area contributed by atoms with Crippen LogP contribution in [0.5, 0.6) is 0 Å². The summed E-state index contributed by atoms with van der Waals surface area (Å²) in [7, 11) is -3.68. The minimum atomic E-state index is -3.68. The molecule has 102 valence electrons. The summed E-state index contributed by atoms with van der Waals surface area (Å²) in [6, 6.07) is 3.03. The Morgan fingerprint density at radius 1 is 1.26 bits per heavy atom. The summed E-state index contributed by atoms with van der Waals surface area (Å²) in [5.74, 6) is 0.530. The fraction of sp³-hybridized carbons (Fsp3) is 0.273. The van der Waals surface area contributed by atoms with Gasteiger partial charge in [-0.2, -0.15) is 4.37 Å². The molecule has 0 unspecified atom stereocenters. The summed E-state index contributed by atoms with van der Waals surface area (Å²) in [5.41, 5.74) is 7.96. The molecule has 0 aliphatic carbocycles. The Kier molecular flexibility index (Phi) is 3.46. The molecule has 3 N–H and O–H groups in total. The highest BCUT2D eigenvalue weighted by Crippen LogP contribution is 2.23. The number of nitrogens with two attached hydrogens (primary N) is 1. The molecule has 0 fully saturated rings. The van der Waals surface area contributed by atoms with Gasteiger partial charge >= 0.3 is 0 Å². The van der Waals surface area contributed by atoms with Crippen molar-refractivity contribution in [3.8, 4) is 0 Å². The standard InChI is InChI=1S/C11H14N4O2S2/c1-6-4-9(5-10(12)7(6)2)19(16,17)15-11-13-8(3)14-18-11/h4-5H,12H2,1-3H3,(H,13,14,15).